The van der Waals surface area contributed by atoms with Gasteiger partial charge in [0.1, 0.15) is 0 Å². The smallest absolute Gasteiger partial charge is 0.0700 e. The number of methoxy groups -OCH3 is 1. The van der Waals surface area contributed by atoms with Crippen molar-refractivity contribution in [1.29, 1.82) is 5.26 Å². The van der Waals surface area contributed by atoms with Crippen molar-refractivity contribution in [3.63, 3.8) is 0 Å². The third-order valence-corrected chi connectivity index (χ3v) is 4.25. The third-order valence-electron chi connectivity index (χ3n) is 4.25. The molecule has 3 nitrogen and oxygen atoms in total. The molecule has 0 N–H and O–H groups in total. The van der Waals surface area contributed by atoms with Gasteiger partial charge < -0.3 is 9.47 Å². The van der Waals surface area contributed by atoms with Gasteiger partial charge in [0, 0.05) is 13.7 Å². The van der Waals surface area contributed by atoms with Gasteiger partial charge in [0.05, 0.1) is 24.7 Å². The molecule has 0 aromatic carbocycles. The maximum Gasteiger partial charge on any atom is 0.0700 e. The lowest BCUT2D eigenvalue weighted by Crippen LogP contribution is -2.26. The molecule has 1 rings (SSSR count). The zero-order chi connectivity index (χ0) is 13.3. The third kappa shape index (κ3) is 4.96. The van der Waals surface area contributed by atoms with E-state index in [1.54, 1.807) is 7.11 Å². The van der Waals surface area contributed by atoms with Gasteiger partial charge in [0.25, 0.3) is 0 Å². The fourth-order valence-electron chi connectivity index (χ4n) is 2.81. The van der Waals surface area contributed by atoms with Crippen molar-refractivity contribution in [2.24, 2.45) is 11.3 Å². The highest BCUT2D eigenvalue weighted by atomic mass is 16.5. The molecule has 0 bridgehead atoms. The summed E-state index contributed by atoms with van der Waals surface area (Å²) in [4.78, 5) is 0. The molecule has 3 heteroatoms. The minimum atomic E-state index is -0.0592. The van der Waals surface area contributed by atoms with E-state index < -0.39 is 0 Å². The molecule has 1 saturated carbocycles. The number of nitrogens with zero attached hydrogens (tertiary/aromatic N) is 1. The van der Waals surface area contributed by atoms with Gasteiger partial charge in [-0.2, -0.15) is 5.26 Å². The second kappa shape index (κ2) is 8.50. The van der Waals surface area contributed by atoms with Gasteiger partial charge in [-0.05, 0) is 44.4 Å². The normalized spacial score (nSPS) is 27.9. The van der Waals surface area contributed by atoms with Crippen LogP contribution in [0.2, 0.25) is 0 Å². The Hall–Kier alpha value is -0.590. The largest absolute Gasteiger partial charge is 0.382 e. The van der Waals surface area contributed by atoms with Gasteiger partial charge in [0.2, 0.25) is 0 Å². The molecule has 0 atom stereocenters. The first-order valence-electron chi connectivity index (χ1n) is 7.24. The molecule has 0 saturated heterocycles. The Morgan fingerprint density at radius 3 is 2.50 bits per heavy atom. The number of nitriles is 1. The predicted octanol–water partition coefficient (Wildman–Crippen LogP) is 3.54. The molecule has 1 aliphatic carbocycles. The summed E-state index contributed by atoms with van der Waals surface area (Å²) in [6.45, 7) is 4.33. The van der Waals surface area contributed by atoms with Crippen molar-refractivity contribution in [2.45, 2.75) is 51.9 Å². The monoisotopic (exact) mass is 253 g/mol. The summed E-state index contributed by atoms with van der Waals surface area (Å²) in [5, 5.41) is 9.43. The Bertz CT molecular complexity index is 252. The summed E-state index contributed by atoms with van der Waals surface area (Å²) < 4.78 is 10.4. The summed E-state index contributed by atoms with van der Waals surface area (Å²) >= 11 is 0. The summed E-state index contributed by atoms with van der Waals surface area (Å²) in [6.07, 6.45) is 7.88. The van der Waals surface area contributed by atoms with Gasteiger partial charge in [-0.25, -0.2) is 0 Å². The van der Waals surface area contributed by atoms with E-state index >= 15 is 0 Å². The van der Waals surface area contributed by atoms with E-state index in [9.17, 15) is 5.26 Å². The maximum atomic E-state index is 9.43. The maximum absolute atomic E-state index is 9.43. The fourth-order valence-corrected chi connectivity index (χ4v) is 2.81. The van der Waals surface area contributed by atoms with Gasteiger partial charge >= 0.3 is 0 Å². The Labute approximate surface area is 111 Å². The first-order valence-corrected chi connectivity index (χ1v) is 7.24. The van der Waals surface area contributed by atoms with Crippen molar-refractivity contribution >= 4 is 0 Å². The average molecular weight is 253 g/mol. The number of ether oxygens (including phenoxy) is 2. The highest BCUT2D eigenvalue weighted by molar-refractivity contribution is 5.01. The average Bonchev–Trinajstić information content (AvgIpc) is 2.43. The first-order chi connectivity index (χ1) is 8.76. The molecule has 0 unspecified atom stereocenters. The molecule has 0 radical (unpaired) electrons. The van der Waals surface area contributed by atoms with Gasteiger partial charge in [-0.3, -0.25) is 0 Å². The van der Waals surface area contributed by atoms with E-state index in [1.807, 2.05) is 0 Å². The van der Waals surface area contributed by atoms with Crippen LogP contribution in [0.3, 0.4) is 0 Å². The zero-order valence-corrected chi connectivity index (χ0v) is 11.9. The van der Waals surface area contributed by atoms with Crippen molar-refractivity contribution in [3.8, 4) is 6.07 Å². The van der Waals surface area contributed by atoms with E-state index in [-0.39, 0.29) is 5.41 Å². The number of hydrogen-bond donors (Lipinski definition) is 0. The molecule has 0 amide bonds. The van der Waals surface area contributed by atoms with Gasteiger partial charge in [-0.1, -0.05) is 13.3 Å². The van der Waals surface area contributed by atoms with Crippen LogP contribution in [0.5, 0.6) is 0 Å². The van der Waals surface area contributed by atoms with Crippen LogP contribution in [-0.2, 0) is 9.47 Å². The van der Waals surface area contributed by atoms with Crippen LogP contribution < -0.4 is 0 Å². The molecule has 0 aromatic heterocycles. The minimum Gasteiger partial charge on any atom is -0.382 e. The predicted molar refractivity (Wildman–Crippen MR) is 72.2 cm³/mol. The van der Waals surface area contributed by atoms with E-state index in [4.69, 9.17) is 9.47 Å². The highest BCUT2D eigenvalue weighted by Crippen LogP contribution is 2.42. The van der Waals surface area contributed by atoms with Crippen LogP contribution in [-0.4, -0.2) is 26.9 Å². The van der Waals surface area contributed by atoms with Crippen LogP contribution in [0.4, 0.5) is 0 Å². The summed E-state index contributed by atoms with van der Waals surface area (Å²) in [6, 6.07) is 2.58. The lowest BCUT2D eigenvalue weighted by molar-refractivity contribution is 0.0628. The molecule has 0 heterocycles. The molecule has 0 aliphatic heterocycles. The van der Waals surface area contributed by atoms with E-state index in [0.717, 1.165) is 38.2 Å². The Balaban J connectivity index is 2.19. The number of rotatable bonds is 8. The molecule has 104 valence electrons. The van der Waals surface area contributed by atoms with Crippen LogP contribution in [0.25, 0.3) is 0 Å². The Morgan fingerprint density at radius 1 is 1.22 bits per heavy atom. The lowest BCUT2D eigenvalue weighted by Gasteiger charge is -2.34. The van der Waals surface area contributed by atoms with Crippen LogP contribution >= 0.6 is 0 Å². The Kier molecular flexibility index (Phi) is 7.31. The first kappa shape index (κ1) is 15.5. The van der Waals surface area contributed by atoms with Gasteiger partial charge in [-0.15, -0.1) is 0 Å². The summed E-state index contributed by atoms with van der Waals surface area (Å²) in [7, 11) is 1.68. The molecule has 1 aliphatic rings. The minimum absolute atomic E-state index is 0.0592. The van der Waals surface area contributed by atoms with Gasteiger partial charge in [0.15, 0.2) is 0 Å². The van der Waals surface area contributed by atoms with Crippen molar-refractivity contribution in [2.75, 3.05) is 26.9 Å². The quantitative estimate of drug-likeness (QED) is 0.621. The molecular formula is C15H27NO2. The van der Waals surface area contributed by atoms with E-state index in [0.29, 0.717) is 13.2 Å². The number of hydrogen-bond acceptors (Lipinski definition) is 3. The summed E-state index contributed by atoms with van der Waals surface area (Å²) in [5.41, 5.74) is -0.0592. The topological polar surface area (TPSA) is 42.2 Å². The SMILES string of the molecule is CCC1CCC(C#N)(CCCOCCOC)CC1. The zero-order valence-electron chi connectivity index (χ0n) is 11.9. The second-order valence-electron chi connectivity index (χ2n) is 5.45. The fraction of sp³-hybridized carbons (Fsp3) is 0.933. The van der Waals surface area contributed by atoms with Crippen molar-refractivity contribution in [3.05, 3.63) is 0 Å². The van der Waals surface area contributed by atoms with Crippen LogP contribution in [0.15, 0.2) is 0 Å². The standard InChI is InChI=1S/C15H27NO2/c1-3-14-5-8-15(13-16,9-6-14)7-4-10-18-12-11-17-2/h14H,3-12H2,1-2H3. The molecular weight excluding hydrogens is 226 g/mol. The second-order valence-corrected chi connectivity index (χ2v) is 5.45. The molecule has 0 aromatic rings. The summed E-state index contributed by atoms with van der Waals surface area (Å²) in [5.74, 6) is 0.851. The van der Waals surface area contributed by atoms with E-state index in [1.165, 1.54) is 19.3 Å². The molecule has 18 heavy (non-hydrogen) atoms. The van der Waals surface area contributed by atoms with E-state index in [2.05, 4.69) is 13.0 Å². The van der Waals surface area contributed by atoms with Crippen LogP contribution in [0, 0.1) is 22.7 Å². The van der Waals surface area contributed by atoms with Crippen LogP contribution in [0.1, 0.15) is 51.9 Å². The van der Waals surface area contributed by atoms with Crippen molar-refractivity contribution < 1.29 is 9.47 Å². The van der Waals surface area contributed by atoms with Crippen molar-refractivity contribution in [1.82, 2.24) is 0 Å². The molecule has 0 spiro atoms. The lowest BCUT2D eigenvalue weighted by atomic mass is 9.68. The Morgan fingerprint density at radius 2 is 1.94 bits per heavy atom. The molecule has 1 fully saturated rings. The highest BCUT2D eigenvalue weighted by Gasteiger charge is 2.34.